The van der Waals surface area contributed by atoms with Crippen molar-refractivity contribution in [2.45, 2.75) is 32.5 Å². The van der Waals surface area contributed by atoms with Crippen LogP contribution in [0.5, 0.6) is 11.5 Å². The zero-order valence-corrected chi connectivity index (χ0v) is 16.2. The minimum atomic E-state index is -0.606. The lowest BCUT2D eigenvalue weighted by atomic mass is 9.93. The smallest absolute Gasteiger partial charge is 0.322 e. The fraction of sp³-hybridized carbons (Fsp3) is 0.333. The first-order valence-electron chi connectivity index (χ1n) is 8.72. The Morgan fingerprint density at radius 2 is 1.70 bits per heavy atom. The molecule has 0 saturated heterocycles. The van der Waals surface area contributed by atoms with Gasteiger partial charge < -0.3 is 14.3 Å². The van der Waals surface area contributed by atoms with Crippen LogP contribution >= 0.6 is 0 Å². The number of hydroxylamine groups is 2. The minimum absolute atomic E-state index is 0.391. The molecule has 3 rings (SSSR count). The number of methoxy groups -OCH3 is 2. The first kappa shape index (κ1) is 18.9. The lowest BCUT2D eigenvalue weighted by Crippen LogP contribution is -2.47. The van der Waals surface area contributed by atoms with Gasteiger partial charge in [0.15, 0.2) is 17.7 Å². The molecule has 0 spiro atoms. The van der Waals surface area contributed by atoms with Crippen LogP contribution in [-0.2, 0) is 9.63 Å². The van der Waals surface area contributed by atoms with Crippen LogP contribution in [0.15, 0.2) is 53.5 Å². The van der Waals surface area contributed by atoms with Crippen LogP contribution in [0.1, 0.15) is 38.1 Å². The molecule has 1 heterocycles. The molecule has 27 heavy (non-hydrogen) atoms. The highest BCUT2D eigenvalue weighted by molar-refractivity contribution is 6.08. The number of nitrogens with zero attached hydrogens (tertiary/aromatic N) is 2. The molecule has 6 heteroatoms. The van der Waals surface area contributed by atoms with Gasteiger partial charge in [-0.15, -0.1) is 0 Å². The van der Waals surface area contributed by atoms with E-state index in [1.54, 1.807) is 19.3 Å². The van der Waals surface area contributed by atoms with Gasteiger partial charge in [-0.05, 0) is 37.1 Å². The van der Waals surface area contributed by atoms with Gasteiger partial charge in [-0.3, -0.25) is 9.79 Å². The van der Waals surface area contributed by atoms with Gasteiger partial charge in [0, 0.05) is 6.92 Å². The summed E-state index contributed by atoms with van der Waals surface area (Å²) in [6, 6.07) is 15.5. The average molecular weight is 368 g/mol. The van der Waals surface area contributed by atoms with Gasteiger partial charge in [0.2, 0.25) is 0 Å². The molecule has 0 amide bonds. The van der Waals surface area contributed by atoms with Gasteiger partial charge in [0.25, 0.3) is 0 Å². The standard InChI is InChI=1S/C21H24N2O4/c1-14(24)27-23-20(16-11-12-17(25-4)18(13-16)26-5)22-19(21(23,2)3)15-9-7-6-8-10-15/h6-13,20H,1-5H3/t20-/m1/s1. The number of carbonyl (C=O) groups excluding carboxylic acids is 1. The summed E-state index contributed by atoms with van der Waals surface area (Å²) in [6.07, 6.45) is -0.487. The molecule has 0 unspecified atom stereocenters. The molecule has 0 saturated carbocycles. The molecule has 2 aromatic rings. The normalized spacial score (nSPS) is 18.7. The van der Waals surface area contributed by atoms with Crippen LogP contribution in [0.2, 0.25) is 0 Å². The number of hydrogen-bond donors (Lipinski definition) is 0. The monoisotopic (exact) mass is 368 g/mol. The molecule has 1 atom stereocenters. The molecule has 0 fully saturated rings. The van der Waals surface area contributed by atoms with Crippen molar-refractivity contribution in [2.75, 3.05) is 14.2 Å². The molecule has 1 aliphatic rings. The fourth-order valence-corrected chi connectivity index (χ4v) is 3.29. The lowest BCUT2D eigenvalue weighted by molar-refractivity contribution is -0.214. The number of rotatable bonds is 5. The van der Waals surface area contributed by atoms with Gasteiger partial charge in [-0.1, -0.05) is 41.5 Å². The second-order valence-corrected chi connectivity index (χ2v) is 6.80. The summed E-state index contributed by atoms with van der Waals surface area (Å²) >= 11 is 0. The van der Waals surface area contributed by atoms with Crippen molar-refractivity contribution in [1.29, 1.82) is 0 Å². The van der Waals surface area contributed by atoms with Crippen LogP contribution in [0.3, 0.4) is 0 Å². The quantitative estimate of drug-likeness (QED) is 0.804. The van der Waals surface area contributed by atoms with Gasteiger partial charge in [0.05, 0.1) is 25.5 Å². The number of hydrogen-bond acceptors (Lipinski definition) is 6. The molecule has 0 bridgehead atoms. The summed E-state index contributed by atoms with van der Waals surface area (Å²) in [5.41, 5.74) is 2.07. The van der Waals surface area contributed by atoms with Gasteiger partial charge in [0.1, 0.15) is 0 Å². The Kier molecular flexibility index (Phi) is 5.19. The molecule has 142 valence electrons. The second-order valence-electron chi connectivity index (χ2n) is 6.80. The summed E-state index contributed by atoms with van der Waals surface area (Å²) in [5, 5.41) is 1.64. The third-order valence-electron chi connectivity index (χ3n) is 4.58. The van der Waals surface area contributed by atoms with Crippen molar-refractivity contribution >= 4 is 11.7 Å². The largest absolute Gasteiger partial charge is 0.493 e. The maximum atomic E-state index is 11.8. The summed E-state index contributed by atoms with van der Waals surface area (Å²) < 4.78 is 10.7. The molecule has 0 aliphatic carbocycles. The highest BCUT2D eigenvalue weighted by Gasteiger charge is 2.46. The summed E-state index contributed by atoms with van der Waals surface area (Å²) in [6.45, 7) is 5.37. The Morgan fingerprint density at radius 3 is 2.30 bits per heavy atom. The van der Waals surface area contributed by atoms with Crippen molar-refractivity contribution in [2.24, 2.45) is 4.99 Å². The van der Waals surface area contributed by atoms with E-state index in [9.17, 15) is 4.79 Å². The molecular formula is C21H24N2O4. The van der Waals surface area contributed by atoms with Gasteiger partial charge >= 0.3 is 5.97 Å². The number of aliphatic imine (C=N–C) groups is 1. The van der Waals surface area contributed by atoms with E-state index in [2.05, 4.69) is 0 Å². The third kappa shape index (κ3) is 3.53. The molecular weight excluding hydrogens is 344 g/mol. The molecule has 0 aromatic heterocycles. The Bertz CT molecular complexity index is 862. The average Bonchev–Trinajstić information content (AvgIpc) is 2.92. The zero-order chi connectivity index (χ0) is 19.6. The van der Waals surface area contributed by atoms with Crippen molar-refractivity contribution in [3.8, 4) is 11.5 Å². The molecule has 0 radical (unpaired) electrons. The van der Waals surface area contributed by atoms with E-state index in [1.807, 2.05) is 62.4 Å². The summed E-state index contributed by atoms with van der Waals surface area (Å²) in [4.78, 5) is 22.3. The van der Waals surface area contributed by atoms with E-state index in [4.69, 9.17) is 19.3 Å². The van der Waals surface area contributed by atoms with E-state index < -0.39 is 17.7 Å². The van der Waals surface area contributed by atoms with E-state index in [0.29, 0.717) is 11.5 Å². The maximum Gasteiger partial charge on any atom is 0.322 e. The first-order valence-corrected chi connectivity index (χ1v) is 8.72. The molecule has 6 nitrogen and oxygen atoms in total. The Morgan fingerprint density at radius 1 is 1.04 bits per heavy atom. The zero-order valence-electron chi connectivity index (χ0n) is 16.2. The highest BCUT2D eigenvalue weighted by atomic mass is 16.7. The van der Waals surface area contributed by atoms with Crippen molar-refractivity contribution in [1.82, 2.24) is 5.06 Å². The first-order chi connectivity index (χ1) is 12.9. The van der Waals surface area contributed by atoms with Crippen LogP contribution in [0, 0.1) is 0 Å². The molecule has 2 aromatic carbocycles. The van der Waals surface area contributed by atoms with Crippen molar-refractivity contribution in [3.63, 3.8) is 0 Å². The summed E-state index contributed by atoms with van der Waals surface area (Å²) in [7, 11) is 3.18. The predicted molar refractivity (Wildman–Crippen MR) is 103 cm³/mol. The van der Waals surface area contributed by atoms with E-state index >= 15 is 0 Å². The van der Waals surface area contributed by atoms with E-state index in [1.165, 1.54) is 6.92 Å². The lowest BCUT2D eigenvalue weighted by Gasteiger charge is -2.33. The maximum absolute atomic E-state index is 11.8. The van der Waals surface area contributed by atoms with Crippen LogP contribution in [0.4, 0.5) is 0 Å². The third-order valence-corrected chi connectivity index (χ3v) is 4.58. The highest BCUT2D eigenvalue weighted by Crippen LogP contribution is 2.41. The van der Waals surface area contributed by atoms with Gasteiger partial charge in [-0.2, -0.15) is 0 Å². The SMILES string of the molecule is COc1ccc([C@@H]2N=C(c3ccccc3)C(C)(C)N2OC(C)=O)cc1OC. The Balaban J connectivity index is 2.10. The number of ether oxygens (including phenoxy) is 2. The van der Waals surface area contributed by atoms with Crippen LogP contribution in [-0.4, -0.2) is 36.5 Å². The second kappa shape index (κ2) is 7.40. The molecule has 0 N–H and O–H groups in total. The predicted octanol–water partition coefficient (Wildman–Crippen LogP) is 3.76. The minimum Gasteiger partial charge on any atom is -0.493 e. The Hall–Kier alpha value is -2.86. The van der Waals surface area contributed by atoms with E-state index in [-0.39, 0.29) is 0 Å². The number of benzene rings is 2. The van der Waals surface area contributed by atoms with Crippen molar-refractivity contribution < 1.29 is 19.1 Å². The van der Waals surface area contributed by atoms with Gasteiger partial charge in [-0.25, -0.2) is 0 Å². The fourth-order valence-electron chi connectivity index (χ4n) is 3.29. The van der Waals surface area contributed by atoms with Crippen molar-refractivity contribution in [3.05, 3.63) is 59.7 Å². The summed E-state index contributed by atoms with van der Waals surface area (Å²) in [5.74, 6) is 0.835. The number of carbonyl (C=O) groups is 1. The Labute approximate surface area is 159 Å². The van der Waals surface area contributed by atoms with E-state index in [0.717, 1.165) is 16.8 Å². The van der Waals surface area contributed by atoms with Crippen LogP contribution < -0.4 is 9.47 Å². The molecule has 1 aliphatic heterocycles. The topological polar surface area (TPSA) is 60.4 Å². The van der Waals surface area contributed by atoms with Crippen LogP contribution in [0.25, 0.3) is 0 Å².